The molecule has 0 aliphatic heterocycles. The van der Waals surface area contributed by atoms with Crippen LogP contribution in [0.3, 0.4) is 0 Å². The largest absolute Gasteiger partial charge is 0.316 e. The lowest BCUT2D eigenvalue weighted by Gasteiger charge is -2.18. The summed E-state index contributed by atoms with van der Waals surface area (Å²) < 4.78 is 28.2. The van der Waals surface area contributed by atoms with E-state index in [0.717, 1.165) is 16.6 Å². The van der Waals surface area contributed by atoms with Gasteiger partial charge in [-0.25, -0.2) is 8.78 Å². The highest BCUT2D eigenvalue weighted by Gasteiger charge is 2.15. The van der Waals surface area contributed by atoms with E-state index in [-0.39, 0.29) is 17.6 Å². The predicted molar refractivity (Wildman–Crippen MR) is 85.5 cm³/mol. The molecule has 1 nitrogen and oxygen atoms in total. The molecule has 2 aromatic rings. The standard InChI is InChI=1S/C17H18BrF2N/c1-2-21-11-14(12-4-3-5-16(19)10-12)8-13-9-15(18)6-7-17(13)20/h3-7,9-10,14,21H,2,8,11H2,1H3. The van der Waals surface area contributed by atoms with Crippen molar-refractivity contribution in [1.29, 1.82) is 0 Å². The van der Waals surface area contributed by atoms with Crippen molar-refractivity contribution in [3.05, 3.63) is 69.7 Å². The van der Waals surface area contributed by atoms with E-state index in [0.29, 0.717) is 18.5 Å². The highest BCUT2D eigenvalue weighted by atomic mass is 79.9. The Balaban J connectivity index is 2.25. The summed E-state index contributed by atoms with van der Waals surface area (Å²) in [5.74, 6) is -0.454. The molecule has 0 aromatic heterocycles. The van der Waals surface area contributed by atoms with Crippen molar-refractivity contribution in [1.82, 2.24) is 5.32 Å². The summed E-state index contributed by atoms with van der Waals surface area (Å²) in [6, 6.07) is 11.5. The van der Waals surface area contributed by atoms with Crippen molar-refractivity contribution in [3.8, 4) is 0 Å². The Morgan fingerprint density at radius 2 is 1.95 bits per heavy atom. The second-order valence-corrected chi connectivity index (χ2v) is 5.92. The molecule has 0 heterocycles. The molecule has 0 saturated heterocycles. The molecule has 1 atom stereocenters. The van der Waals surface area contributed by atoms with Crippen molar-refractivity contribution in [2.45, 2.75) is 19.3 Å². The topological polar surface area (TPSA) is 12.0 Å². The average molecular weight is 354 g/mol. The van der Waals surface area contributed by atoms with E-state index in [4.69, 9.17) is 0 Å². The van der Waals surface area contributed by atoms with E-state index in [2.05, 4.69) is 21.2 Å². The zero-order valence-corrected chi connectivity index (χ0v) is 13.5. The number of nitrogens with one attached hydrogen (secondary N) is 1. The van der Waals surface area contributed by atoms with Gasteiger partial charge in [-0.1, -0.05) is 35.0 Å². The maximum absolute atomic E-state index is 13.9. The van der Waals surface area contributed by atoms with Gasteiger partial charge in [-0.2, -0.15) is 0 Å². The van der Waals surface area contributed by atoms with Gasteiger partial charge in [0.25, 0.3) is 0 Å². The van der Waals surface area contributed by atoms with Crippen LogP contribution < -0.4 is 5.32 Å². The highest BCUT2D eigenvalue weighted by molar-refractivity contribution is 9.10. The van der Waals surface area contributed by atoms with Crippen molar-refractivity contribution >= 4 is 15.9 Å². The SMILES string of the molecule is CCNCC(Cc1cc(Br)ccc1F)c1cccc(F)c1. The third-order valence-corrected chi connectivity index (χ3v) is 3.93. The summed E-state index contributed by atoms with van der Waals surface area (Å²) in [6.07, 6.45) is 0.529. The molecule has 0 aliphatic carbocycles. The van der Waals surface area contributed by atoms with Crippen LogP contribution >= 0.6 is 15.9 Å². The lowest BCUT2D eigenvalue weighted by molar-refractivity contribution is 0.557. The average Bonchev–Trinajstić information content (AvgIpc) is 2.47. The molecule has 0 saturated carbocycles. The Kier molecular flexibility index (Phi) is 5.88. The van der Waals surface area contributed by atoms with E-state index in [1.807, 2.05) is 13.0 Å². The fourth-order valence-corrected chi connectivity index (χ4v) is 2.76. The van der Waals surface area contributed by atoms with Crippen molar-refractivity contribution in [3.63, 3.8) is 0 Å². The van der Waals surface area contributed by atoms with E-state index in [1.165, 1.54) is 18.2 Å². The third kappa shape index (κ3) is 4.61. The molecule has 4 heteroatoms. The molecular weight excluding hydrogens is 336 g/mol. The summed E-state index contributed by atoms with van der Waals surface area (Å²) in [5.41, 5.74) is 1.52. The van der Waals surface area contributed by atoms with Crippen LogP contribution in [0.25, 0.3) is 0 Å². The van der Waals surface area contributed by atoms with Crippen LogP contribution in [0, 0.1) is 11.6 Å². The van der Waals surface area contributed by atoms with Crippen LogP contribution in [-0.2, 0) is 6.42 Å². The second kappa shape index (κ2) is 7.66. The van der Waals surface area contributed by atoms with Crippen LogP contribution in [0.15, 0.2) is 46.9 Å². The zero-order chi connectivity index (χ0) is 15.2. The molecule has 0 aliphatic rings. The van der Waals surface area contributed by atoms with Crippen molar-refractivity contribution in [2.24, 2.45) is 0 Å². The number of benzene rings is 2. The summed E-state index contributed by atoms with van der Waals surface area (Å²) in [5, 5.41) is 3.26. The Morgan fingerprint density at radius 3 is 2.67 bits per heavy atom. The first-order valence-corrected chi connectivity index (χ1v) is 7.79. The molecule has 112 valence electrons. The van der Waals surface area contributed by atoms with Gasteiger partial charge in [0, 0.05) is 16.9 Å². The molecule has 2 rings (SSSR count). The summed E-state index contributed by atoms with van der Waals surface area (Å²) in [6.45, 7) is 3.53. The van der Waals surface area contributed by atoms with Crippen LogP contribution in [0.5, 0.6) is 0 Å². The van der Waals surface area contributed by atoms with Crippen LogP contribution in [0.1, 0.15) is 24.0 Å². The van der Waals surface area contributed by atoms with Gasteiger partial charge in [-0.15, -0.1) is 0 Å². The van der Waals surface area contributed by atoms with Gasteiger partial charge >= 0.3 is 0 Å². The van der Waals surface area contributed by atoms with Gasteiger partial charge in [0.2, 0.25) is 0 Å². The minimum Gasteiger partial charge on any atom is -0.316 e. The molecule has 21 heavy (non-hydrogen) atoms. The van der Waals surface area contributed by atoms with Crippen molar-refractivity contribution in [2.75, 3.05) is 13.1 Å². The third-order valence-electron chi connectivity index (χ3n) is 3.43. The molecule has 0 spiro atoms. The fraction of sp³-hybridized carbons (Fsp3) is 0.294. The van der Waals surface area contributed by atoms with Crippen LogP contribution in [-0.4, -0.2) is 13.1 Å². The van der Waals surface area contributed by atoms with E-state index < -0.39 is 0 Å². The van der Waals surface area contributed by atoms with Gasteiger partial charge in [0.1, 0.15) is 11.6 Å². The number of hydrogen-bond acceptors (Lipinski definition) is 1. The van der Waals surface area contributed by atoms with Crippen LogP contribution in [0.4, 0.5) is 8.78 Å². The Bertz CT molecular complexity index is 601. The van der Waals surface area contributed by atoms with Gasteiger partial charge in [0.05, 0.1) is 0 Å². The van der Waals surface area contributed by atoms with Gasteiger partial charge in [0.15, 0.2) is 0 Å². The molecule has 0 fully saturated rings. The number of halogens is 3. The second-order valence-electron chi connectivity index (χ2n) is 5.00. The van der Waals surface area contributed by atoms with E-state index in [1.54, 1.807) is 18.2 Å². The maximum atomic E-state index is 13.9. The normalized spacial score (nSPS) is 12.4. The highest BCUT2D eigenvalue weighted by Crippen LogP contribution is 2.24. The van der Waals surface area contributed by atoms with Gasteiger partial charge < -0.3 is 5.32 Å². The number of hydrogen-bond donors (Lipinski definition) is 1. The molecule has 2 aromatic carbocycles. The van der Waals surface area contributed by atoms with Crippen LogP contribution in [0.2, 0.25) is 0 Å². The Labute approximate surface area is 132 Å². The lowest BCUT2D eigenvalue weighted by Crippen LogP contribution is -2.23. The molecule has 0 radical (unpaired) electrons. The van der Waals surface area contributed by atoms with Gasteiger partial charge in [-0.05, 0) is 54.4 Å². The Morgan fingerprint density at radius 1 is 1.14 bits per heavy atom. The fourth-order valence-electron chi connectivity index (χ4n) is 2.35. The zero-order valence-electron chi connectivity index (χ0n) is 11.9. The number of rotatable bonds is 6. The molecule has 0 bridgehead atoms. The summed E-state index contributed by atoms with van der Waals surface area (Å²) >= 11 is 3.36. The van der Waals surface area contributed by atoms with Crippen molar-refractivity contribution < 1.29 is 8.78 Å². The molecule has 1 unspecified atom stereocenters. The molecular formula is C17H18BrF2N. The lowest BCUT2D eigenvalue weighted by atomic mass is 9.91. The Hall–Kier alpha value is -1.26. The maximum Gasteiger partial charge on any atom is 0.126 e. The quantitative estimate of drug-likeness (QED) is 0.795. The first-order chi connectivity index (χ1) is 10.1. The molecule has 0 amide bonds. The first kappa shape index (κ1) is 16.1. The smallest absolute Gasteiger partial charge is 0.126 e. The first-order valence-electron chi connectivity index (χ1n) is 7.00. The monoisotopic (exact) mass is 353 g/mol. The number of likely N-dealkylation sites (N-methyl/N-ethyl adjacent to an activating group) is 1. The summed E-state index contributed by atoms with van der Waals surface area (Å²) in [7, 11) is 0. The minimum absolute atomic E-state index is 0.0319. The summed E-state index contributed by atoms with van der Waals surface area (Å²) in [4.78, 5) is 0. The van der Waals surface area contributed by atoms with Gasteiger partial charge in [-0.3, -0.25) is 0 Å². The molecule has 1 N–H and O–H groups in total. The van der Waals surface area contributed by atoms with E-state index in [9.17, 15) is 8.78 Å². The van der Waals surface area contributed by atoms with E-state index >= 15 is 0 Å². The minimum atomic E-state index is -0.260. The predicted octanol–water partition coefficient (Wildman–Crippen LogP) is 4.66.